The largest absolute Gasteiger partial charge is 0.313 e. The Morgan fingerprint density at radius 2 is 1.96 bits per heavy atom. The van der Waals surface area contributed by atoms with Crippen molar-refractivity contribution in [1.29, 1.82) is 0 Å². The Bertz CT molecular complexity index is 860. The van der Waals surface area contributed by atoms with Crippen molar-refractivity contribution in [2.45, 2.75) is 52.2 Å². The third-order valence-electron chi connectivity index (χ3n) is 5.38. The molecule has 142 valence electrons. The minimum absolute atomic E-state index is 0.482. The number of likely N-dealkylation sites (tertiary alicyclic amines) is 1. The van der Waals surface area contributed by atoms with Gasteiger partial charge in [-0.15, -0.1) is 10.2 Å². The van der Waals surface area contributed by atoms with E-state index in [1.54, 1.807) is 17.3 Å². The number of hydrogen-bond donors (Lipinski definition) is 0. The van der Waals surface area contributed by atoms with Crippen LogP contribution in [0.25, 0.3) is 0 Å². The first-order valence-corrected chi connectivity index (χ1v) is 9.75. The Morgan fingerprint density at radius 1 is 1.11 bits per heavy atom. The summed E-state index contributed by atoms with van der Waals surface area (Å²) in [5.41, 5.74) is 2.73. The molecular formula is C20H27N7. The molecule has 0 bridgehead atoms. The molecule has 0 saturated carbocycles. The SMILES string of the molecule is CCn1c(Cn2cncn2)nnc1C1CCN(Cc2cccc(C)c2)CC1. The summed E-state index contributed by atoms with van der Waals surface area (Å²) in [5, 5.41) is 13.2. The van der Waals surface area contributed by atoms with Gasteiger partial charge in [-0.05, 0) is 45.3 Å². The fourth-order valence-electron chi connectivity index (χ4n) is 3.99. The van der Waals surface area contributed by atoms with E-state index in [0.29, 0.717) is 12.5 Å². The number of piperidine rings is 1. The monoisotopic (exact) mass is 365 g/mol. The first-order chi connectivity index (χ1) is 13.2. The van der Waals surface area contributed by atoms with E-state index in [9.17, 15) is 0 Å². The van der Waals surface area contributed by atoms with Gasteiger partial charge in [0.1, 0.15) is 25.0 Å². The first-order valence-electron chi connectivity index (χ1n) is 9.75. The molecule has 0 spiro atoms. The van der Waals surface area contributed by atoms with Crippen LogP contribution in [0.1, 0.15) is 48.5 Å². The molecule has 4 rings (SSSR count). The highest BCUT2D eigenvalue weighted by Gasteiger charge is 2.26. The highest BCUT2D eigenvalue weighted by atomic mass is 15.4. The molecule has 1 fully saturated rings. The van der Waals surface area contributed by atoms with Gasteiger partial charge in [0.2, 0.25) is 0 Å². The Balaban J connectivity index is 1.40. The van der Waals surface area contributed by atoms with Gasteiger partial charge in [0.15, 0.2) is 5.82 Å². The second-order valence-corrected chi connectivity index (χ2v) is 7.35. The van der Waals surface area contributed by atoms with Crippen molar-refractivity contribution < 1.29 is 0 Å². The number of aromatic nitrogens is 6. The average Bonchev–Trinajstić information content (AvgIpc) is 3.32. The molecule has 1 aliphatic heterocycles. The topological polar surface area (TPSA) is 64.7 Å². The van der Waals surface area contributed by atoms with E-state index in [-0.39, 0.29) is 0 Å². The Kier molecular flexibility index (Phi) is 5.29. The van der Waals surface area contributed by atoms with E-state index < -0.39 is 0 Å². The number of benzene rings is 1. The lowest BCUT2D eigenvalue weighted by atomic mass is 9.95. The fraction of sp³-hybridized carbons (Fsp3) is 0.500. The molecule has 0 unspecified atom stereocenters. The molecule has 3 heterocycles. The lowest BCUT2D eigenvalue weighted by Gasteiger charge is -2.31. The molecule has 1 saturated heterocycles. The molecule has 1 aliphatic rings. The number of aryl methyl sites for hydroxylation is 1. The van der Waals surface area contributed by atoms with Gasteiger partial charge in [0, 0.05) is 19.0 Å². The van der Waals surface area contributed by atoms with Crippen LogP contribution in [0.2, 0.25) is 0 Å². The summed E-state index contributed by atoms with van der Waals surface area (Å²) in [6.45, 7) is 9.06. The van der Waals surface area contributed by atoms with Crippen LogP contribution in [-0.2, 0) is 19.6 Å². The van der Waals surface area contributed by atoms with Crippen LogP contribution in [0.4, 0.5) is 0 Å². The minimum atomic E-state index is 0.482. The van der Waals surface area contributed by atoms with Crippen LogP contribution in [0.5, 0.6) is 0 Å². The van der Waals surface area contributed by atoms with Crippen LogP contribution in [0, 0.1) is 6.92 Å². The van der Waals surface area contributed by atoms with Crippen molar-refractivity contribution in [3.8, 4) is 0 Å². The standard InChI is InChI=1S/C20H27N7/c1-3-27-19(13-26-15-21-14-22-26)23-24-20(27)18-7-9-25(10-8-18)12-17-6-4-5-16(2)11-17/h4-6,11,14-15,18H,3,7-10,12-13H2,1-2H3. The molecule has 2 aromatic heterocycles. The molecule has 0 N–H and O–H groups in total. The van der Waals surface area contributed by atoms with E-state index in [1.165, 1.54) is 11.1 Å². The third-order valence-corrected chi connectivity index (χ3v) is 5.38. The van der Waals surface area contributed by atoms with Crippen molar-refractivity contribution in [3.63, 3.8) is 0 Å². The van der Waals surface area contributed by atoms with E-state index in [0.717, 1.165) is 50.7 Å². The third kappa shape index (κ3) is 4.08. The maximum Gasteiger partial charge on any atom is 0.154 e. The van der Waals surface area contributed by atoms with Crippen LogP contribution in [0.3, 0.4) is 0 Å². The smallest absolute Gasteiger partial charge is 0.154 e. The van der Waals surface area contributed by atoms with E-state index in [4.69, 9.17) is 0 Å². The summed E-state index contributed by atoms with van der Waals surface area (Å²) >= 11 is 0. The normalized spacial score (nSPS) is 16.1. The fourth-order valence-corrected chi connectivity index (χ4v) is 3.99. The van der Waals surface area contributed by atoms with Gasteiger partial charge in [-0.3, -0.25) is 4.90 Å². The van der Waals surface area contributed by atoms with E-state index in [1.807, 2.05) is 0 Å². The number of hydrogen-bond acceptors (Lipinski definition) is 5. The molecule has 3 aromatic rings. The highest BCUT2D eigenvalue weighted by molar-refractivity contribution is 5.22. The lowest BCUT2D eigenvalue weighted by molar-refractivity contribution is 0.200. The zero-order valence-electron chi connectivity index (χ0n) is 16.1. The molecule has 0 amide bonds. The van der Waals surface area contributed by atoms with Crippen molar-refractivity contribution in [2.75, 3.05) is 13.1 Å². The zero-order chi connectivity index (χ0) is 18.6. The lowest BCUT2D eigenvalue weighted by Crippen LogP contribution is -2.33. The average molecular weight is 365 g/mol. The van der Waals surface area contributed by atoms with Crippen molar-refractivity contribution in [3.05, 3.63) is 59.7 Å². The highest BCUT2D eigenvalue weighted by Crippen LogP contribution is 2.28. The molecule has 0 radical (unpaired) electrons. The molecular weight excluding hydrogens is 338 g/mol. The molecule has 1 aromatic carbocycles. The molecule has 0 atom stereocenters. The summed E-state index contributed by atoms with van der Waals surface area (Å²) in [6.07, 6.45) is 5.54. The Labute approximate surface area is 160 Å². The summed E-state index contributed by atoms with van der Waals surface area (Å²) < 4.78 is 4.05. The summed E-state index contributed by atoms with van der Waals surface area (Å²) in [6, 6.07) is 8.82. The predicted molar refractivity (Wildman–Crippen MR) is 103 cm³/mol. The summed E-state index contributed by atoms with van der Waals surface area (Å²) in [7, 11) is 0. The maximum absolute atomic E-state index is 4.54. The van der Waals surface area contributed by atoms with Crippen LogP contribution < -0.4 is 0 Å². The van der Waals surface area contributed by atoms with Crippen LogP contribution in [0.15, 0.2) is 36.9 Å². The van der Waals surface area contributed by atoms with Gasteiger partial charge in [-0.25, -0.2) is 9.67 Å². The van der Waals surface area contributed by atoms with Gasteiger partial charge in [0.05, 0.1) is 0 Å². The Hall–Kier alpha value is -2.54. The van der Waals surface area contributed by atoms with Gasteiger partial charge in [-0.1, -0.05) is 29.8 Å². The van der Waals surface area contributed by atoms with Gasteiger partial charge < -0.3 is 4.57 Å². The van der Waals surface area contributed by atoms with Crippen molar-refractivity contribution >= 4 is 0 Å². The van der Waals surface area contributed by atoms with Crippen molar-refractivity contribution in [1.82, 2.24) is 34.4 Å². The molecule has 0 aliphatic carbocycles. The van der Waals surface area contributed by atoms with Gasteiger partial charge >= 0.3 is 0 Å². The van der Waals surface area contributed by atoms with Gasteiger partial charge in [0.25, 0.3) is 0 Å². The number of rotatable bonds is 6. The van der Waals surface area contributed by atoms with E-state index in [2.05, 4.69) is 67.9 Å². The van der Waals surface area contributed by atoms with Crippen LogP contribution in [-0.4, -0.2) is 47.5 Å². The second-order valence-electron chi connectivity index (χ2n) is 7.35. The van der Waals surface area contributed by atoms with E-state index >= 15 is 0 Å². The number of nitrogens with zero attached hydrogens (tertiary/aromatic N) is 7. The summed E-state index contributed by atoms with van der Waals surface area (Å²) in [4.78, 5) is 6.56. The minimum Gasteiger partial charge on any atom is -0.313 e. The predicted octanol–water partition coefficient (Wildman–Crippen LogP) is 2.63. The summed E-state index contributed by atoms with van der Waals surface area (Å²) in [5.74, 6) is 2.57. The molecule has 7 nitrogen and oxygen atoms in total. The second kappa shape index (κ2) is 8.00. The molecule has 7 heteroatoms. The quantitative estimate of drug-likeness (QED) is 0.672. The van der Waals surface area contributed by atoms with Gasteiger partial charge in [-0.2, -0.15) is 5.10 Å². The zero-order valence-corrected chi connectivity index (χ0v) is 16.1. The Morgan fingerprint density at radius 3 is 2.67 bits per heavy atom. The maximum atomic E-state index is 4.54. The van der Waals surface area contributed by atoms with Crippen LogP contribution >= 0.6 is 0 Å². The van der Waals surface area contributed by atoms with Crippen molar-refractivity contribution in [2.24, 2.45) is 0 Å². The first kappa shape index (κ1) is 17.9. The molecule has 27 heavy (non-hydrogen) atoms.